The Kier molecular flexibility index (Phi) is 7.43. The second-order valence-electron chi connectivity index (χ2n) is 8.72. The number of furan rings is 1. The zero-order valence-electron chi connectivity index (χ0n) is 18.7. The fourth-order valence-corrected chi connectivity index (χ4v) is 4.91. The molecule has 1 aromatic carbocycles. The van der Waals surface area contributed by atoms with Crippen LogP contribution in [0.2, 0.25) is 0 Å². The summed E-state index contributed by atoms with van der Waals surface area (Å²) in [7, 11) is 1.67. The van der Waals surface area contributed by atoms with E-state index in [4.69, 9.17) is 9.15 Å². The fourth-order valence-electron chi connectivity index (χ4n) is 4.91. The Labute approximate surface area is 189 Å². The molecule has 0 unspecified atom stereocenters. The van der Waals surface area contributed by atoms with Gasteiger partial charge in [-0.05, 0) is 93.1 Å². The number of carboxylic acids is 1. The van der Waals surface area contributed by atoms with Crippen LogP contribution in [0.3, 0.4) is 0 Å². The maximum Gasteiger partial charge on any atom is 0.308 e. The van der Waals surface area contributed by atoms with Crippen LogP contribution in [0.15, 0.2) is 53.3 Å². The number of piperidine rings is 1. The maximum absolute atomic E-state index is 12.0. The highest BCUT2D eigenvalue weighted by Crippen LogP contribution is 2.30. The predicted octanol–water partition coefficient (Wildman–Crippen LogP) is 4.81. The Balaban J connectivity index is 1.30. The largest absolute Gasteiger partial charge is 0.497 e. The van der Waals surface area contributed by atoms with E-state index < -0.39 is 5.97 Å². The molecule has 1 aliphatic rings. The van der Waals surface area contributed by atoms with Gasteiger partial charge in [-0.3, -0.25) is 9.78 Å². The van der Waals surface area contributed by atoms with Crippen molar-refractivity contribution >= 4 is 16.9 Å². The quantitative estimate of drug-likeness (QED) is 0.491. The average molecular weight is 437 g/mol. The number of likely N-dealkylation sites (tertiary alicyclic amines) is 1. The summed E-state index contributed by atoms with van der Waals surface area (Å²) < 4.78 is 10.8. The number of carboxylic acid groups (broad SMARTS) is 1. The van der Waals surface area contributed by atoms with E-state index >= 15 is 0 Å². The molecule has 6 heteroatoms. The number of methoxy groups -OCH3 is 1. The second kappa shape index (κ2) is 10.6. The molecule has 1 fully saturated rings. The number of hydrogen-bond acceptors (Lipinski definition) is 5. The van der Waals surface area contributed by atoms with Crippen molar-refractivity contribution in [3.63, 3.8) is 0 Å². The predicted molar refractivity (Wildman–Crippen MR) is 124 cm³/mol. The van der Waals surface area contributed by atoms with E-state index in [1.54, 1.807) is 13.4 Å². The van der Waals surface area contributed by atoms with Crippen LogP contribution in [-0.2, 0) is 17.6 Å². The molecule has 0 radical (unpaired) electrons. The van der Waals surface area contributed by atoms with Crippen molar-refractivity contribution in [3.8, 4) is 5.75 Å². The maximum atomic E-state index is 12.0. The lowest BCUT2D eigenvalue weighted by Gasteiger charge is -2.36. The minimum atomic E-state index is -0.662. The topological polar surface area (TPSA) is 75.8 Å². The number of rotatable bonds is 10. The molecule has 3 heterocycles. The third kappa shape index (κ3) is 5.49. The third-order valence-corrected chi connectivity index (χ3v) is 6.69. The molecule has 32 heavy (non-hydrogen) atoms. The van der Waals surface area contributed by atoms with Crippen LogP contribution in [0.5, 0.6) is 5.75 Å². The van der Waals surface area contributed by atoms with Gasteiger partial charge in [0.05, 0.1) is 24.8 Å². The summed E-state index contributed by atoms with van der Waals surface area (Å²) >= 11 is 0. The van der Waals surface area contributed by atoms with Crippen molar-refractivity contribution < 1.29 is 19.1 Å². The highest BCUT2D eigenvalue weighted by molar-refractivity contribution is 5.83. The summed E-state index contributed by atoms with van der Waals surface area (Å²) in [6, 6.07) is 11.9. The van der Waals surface area contributed by atoms with Crippen LogP contribution >= 0.6 is 0 Å². The molecule has 0 spiro atoms. The number of aliphatic carboxylic acids is 1. The van der Waals surface area contributed by atoms with Gasteiger partial charge in [0, 0.05) is 24.5 Å². The Bertz CT molecular complexity index is 1020. The molecule has 0 amide bonds. The zero-order valence-corrected chi connectivity index (χ0v) is 18.7. The van der Waals surface area contributed by atoms with Crippen molar-refractivity contribution in [3.05, 3.63) is 60.2 Å². The third-order valence-electron chi connectivity index (χ3n) is 6.69. The average Bonchev–Trinajstić information content (AvgIpc) is 3.33. The summed E-state index contributed by atoms with van der Waals surface area (Å²) in [6.07, 6.45) is 9.22. The molecule has 3 aromatic rings. The molecule has 0 saturated carbocycles. The molecule has 1 N–H and O–H groups in total. The lowest BCUT2D eigenvalue weighted by molar-refractivity contribution is -0.146. The van der Waals surface area contributed by atoms with E-state index in [0.29, 0.717) is 6.54 Å². The fraction of sp³-hybridized carbons (Fsp3) is 0.462. The van der Waals surface area contributed by atoms with Crippen LogP contribution in [-0.4, -0.2) is 47.7 Å². The Morgan fingerprint density at radius 1 is 1.25 bits per heavy atom. The number of aryl methyl sites for hydroxylation is 2. The summed E-state index contributed by atoms with van der Waals surface area (Å²) in [5.41, 5.74) is 2.21. The van der Waals surface area contributed by atoms with Gasteiger partial charge >= 0.3 is 5.97 Å². The van der Waals surface area contributed by atoms with Crippen molar-refractivity contribution in [1.29, 1.82) is 0 Å². The van der Waals surface area contributed by atoms with Crippen molar-refractivity contribution in [2.75, 3.05) is 26.7 Å². The van der Waals surface area contributed by atoms with E-state index in [1.807, 2.05) is 36.5 Å². The number of fused-ring (bicyclic) bond motifs is 1. The van der Waals surface area contributed by atoms with E-state index in [1.165, 1.54) is 5.56 Å². The molecule has 0 bridgehead atoms. The summed E-state index contributed by atoms with van der Waals surface area (Å²) in [4.78, 5) is 18.7. The summed E-state index contributed by atoms with van der Waals surface area (Å²) in [5, 5.41) is 11.0. The van der Waals surface area contributed by atoms with Crippen molar-refractivity contribution in [2.24, 2.45) is 11.8 Å². The van der Waals surface area contributed by atoms with E-state index in [-0.39, 0.29) is 11.8 Å². The normalized spacial score (nSPS) is 19.3. The number of pyridine rings is 1. The molecule has 2 aromatic heterocycles. The van der Waals surface area contributed by atoms with Crippen LogP contribution < -0.4 is 4.74 Å². The zero-order chi connectivity index (χ0) is 22.3. The number of ether oxygens (including phenoxy) is 1. The Hall–Kier alpha value is -2.86. The van der Waals surface area contributed by atoms with Crippen molar-refractivity contribution in [2.45, 2.75) is 38.5 Å². The molecule has 1 aliphatic heterocycles. The minimum Gasteiger partial charge on any atom is -0.497 e. The Morgan fingerprint density at radius 2 is 2.16 bits per heavy atom. The van der Waals surface area contributed by atoms with Gasteiger partial charge in [0.2, 0.25) is 0 Å². The van der Waals surface area contributed by atoms with Crippen LogP contribution in [0.4, 0.5) is 0 Å². The number of aromatic nitrogens is 1. The second-order valence-corrected chi connectivity index (χ2v) is 8.72. The molecule has 4 rings (SSSR count). The number of nitrogens with zero attached hydrogens (tertiary/aromatic N) is 2. The summed E-state index contributed by atoms with van der Waals surface area (Å²) in [5.74, 6) is 1.11. The van der Waals surface area contributed by atoms with Gasteiger partial charge in [-0.15, -0.1) is 0 Å². The Morgan fingerprint density at radius 3 is 2.94 bits per heavy atom. The smallest absolute Gasteiger partial charge is 0.308 e. The van der Waals surface area contributed by atoms with E-state index in [9.17, 15) is 9.90 Å². The standard InChI is InChI=1S/C26H32N2O4/c1-31-22-9-10-25-23(17-22)19(11-13-27-25)5-2-6-20-12-15-28(18-24(20)26(29)30)14-3-7-21-8-4-16-32-21/h4,8-11,13,16-17,20,24H,2-3,5-7,12,14-15,18H2,1H3,(H,29,30)/t20-,24+/m1/s1. The molecular weight excluding hydrogens is 404 g/mol. The number of hydrogen-bond donors (Lipinski definition) is 1. The van der Waals surface area contributed by atoms with Crippen LogP contribution in [0.25, 0.3) is 10.9 Å². The van der Waals surface area contributed by atoms with Crippen molar-refractivity contribution in [1.82, 2.24) is 9.88 Å². The highest BCUT2D eigenvalue weighted by Gasteiger charge is 2.33. The van der Waals surface area contributed by atoms with E-state index in [2.05, 4.69) is 16.0 Å². The molecule has 0 aliphatic carbocycles. The van der Waals surface area contributed by atoms with Gasteiger partial charge in [0.15, 0.2) is 0 Å². The first-order chi connectivity index (χ1) is 15.6. The minimum absolute atomic E-state index is 0.233. The van der Waals surface area contributed by atoms with Gasteiger partial charge in [-0.2, -0.15) is 0 Å². The SMILES string of the molecule is COc1ccc2nccc(CCC[C@@H]3CCN(CCCc4ccco4)C[C@@H]3C(=O)O)c2c1. The monoisotopic (exact) mass is 436 g/mol. The van der Waals surface area contributed by atoms with Gasteiger partial charge in [-0.25, -0.2) is 0 Å². The van der Waals surface area contributed by atoms with Gasteiger partial charge in [0.25, 0.3) is 0 Å². The van der Waals surface area contributed by atoms with Gasteiger partial charge in [-0.1, -0.05) is 0 Å². The summed E-state index contributed by atoms with van der Waals surface area (Å²) in [6.45, 7) is 2.54. The van der Waals surface area contributed by atoms with Crippen LogP contribution in [0.1, 0.15) is 37.0 Å². The molecule has 2 atom stereocenters. The molecule has 170 valence electrons. The van der Waals surface area contributed by atoms with Crippen LogP contribution in [0, 0.1) is 11.8 Å². The first-order valence-electron chi connectivity index (χ1n) is 11.5. The first-order valence-corrected chi connectivity index (χ1v) is 11.5. The first kappa shape index (κ1) is 22.3. The van der Waals surface area contributed by atoms with Gasteiger partial charge in [0.1, 0.15) is 11.5 Å². The van der Waals surface area contributed by atoms with E-state index in [0.717, 1.165) is 74.0 Å². The van der Waals surface area contributed by atoms with Gasteiger partial charge < -0.3 is 19.2 Å². The number of benzene rings is 1. The number of carbonyl (C=O) groups is 1. The molecular formula is C26H32N2O4. The lowest BCUT2D eigenvalue weighted by atomic mass is 9.81. The highest BCUT2D eigenvalue weighted by atomic mass is 16.5. The molecule has 1 saturated heterocycles. The lowest BCUT2D eigenvalue weighted by Crippen LogP contribution is -2.44. The molecule has 6 nitrogen and oxygen atoms in total.